The van der Waals surface area contributed by atoms with E-state index in [1.807, 2.05) is 24.3 Å². The van der Waals surface area contributed by atoms with Gasteiger partial charge >= 0.3 is 0 Å². The van der Waals surface area contributed by atoms with Crippen molar-refractivity contribution in [2.24, 2.45) is 0 Å². The summed E-state index contributed by atoms with van der Waals surface area (Å²) in [5.41, 5.74) is 3.54. The fraction of sp³-hybridized carbons (Fsp3) is 0.375. The van der Waals surface area contributed by atoms with Crippen LogP contribution in [-0.2, 0) is 6.42 Å². The summed E-state index contributed by atoms with van der Waals surface area (Å²) in [7, 11) is 1.69. The van der Waals surface area contributed by atoms with Gasteiger partial charge in [-0.05, 0) is 72.0 Å². The van der Waals surface area contributed by atoms with E-state index in [2.05, 4.69) is 40.0 Å². The van der Waals surface area contributed by atoms with Gasteiger partial charge < -0.3 is 10.1 Å². The number of rotatable bonds is 3. The molecule has 0 amide bonds. The molecule has 1 atom stereocenters. The maximum absolute atomic E-state index is 6.18. The number of halogens is 2. The van der Waals surface area contributed by atoms with E-state index in [-0.39, 0.29) is 0 Å². The smallest absolute Gasteiger partial charge is 0.143 e. The molecule has 1 aliphatic carbocycles. The maximum Gasteiger partial charge on any atom is 0.143 e. The van der Waals surface area contributed by atoms with Crippen LogP contribution in [0.2, 0.25) is 5.02 Å². The van der Waals surface area contributed by atoms with Gasteiger partial charge in [0.15, 0.2) is 0 Å². The molecule has 0 spiro atoms. The molecule has 1 unspecified atom stereocenters. The van der Waals surface area contributed by atoms with E-state index in [1.54, 1.807) is 7.11 Å². The normalized spacial score (nSPS) is 17.4. The average molecular weight is 434 g/mol. The summed E-state index contributed by atoms with van der Waals surface area (Å²) in [6.45, 7) is 2.02. The van der Waals surface area contributed by atoms with Crippen molar-refractivity contribution in [2.75, 3.05) is 12.4 Å². The Kier molecular flexibility index (Phi) is 4.66. The third-order valence-electron chi connectivity index (χ3n) is 3.89. The molecule has 0 saturated heterocycles. The zero-order valence-corrected chi connectivity index (χ0v) is 15.7. The van der Waals surface area contributed by atoms with Crippen molar-refractivity contribution in [2.45, 2.75) is 32.2 Å². The second kappa shape index (κ2) is 6.34. The maximum atomic E-state index is 6.18. The van der Waals surface area contributed by atoms with Gasteiger partial charge in [0.1, 0.15) is 5.75 Å². The number of ether oxygens (including phenoxy) is 1. The summed E-state index contributed by atoms with van der Waals surface area (Å²) >= 11 is 10.5. The molecule has 5 heteroatoms. The van der Waals surface area contributed by atoms with E-state index in [0.29, 0.717) is 6.04 Å². The quantitative estimate of drug-likeness (QED) is 0.617. The van der Waals surface area contributed by atoms with Crippen molar-refractivity contribution in [1.82, 2.24) is 0 Å². The van der Waals surface area contributed by atoms with Crippen molar-refractivity contribution in [1.29, 1.82) is 0 Å². The van der Waals surface area contributed by atoms with Crippen LogP contribution in [0.4, 0.5) is 5.69 Å². The van der Waals surface area contributed by atoms with Crippen LogP contribution in [0.1, 0.15) is 34.9 Å². The molecule has 21 heavy (non-hydrogen) atoms. The summed E-state index contributed by atoms with van der Waals surface area (Å²) in [6.07, 6.45) is 3.60. The SMILES string of the molecule is COc1cc(Cl)c(C)cc1NC1CCCc2sc(I)cc21. The van der Waals surface area contributed by atoms with Gasteiger partial charge in [-0.2, -0.15) is 0 Å². The van der Waals surface area contributed by atoms with Crippen LogP contribution in [0.25, 0.3) is 0 Å². The molecule has 3 rings (SSSR count). The predicted octanol–water partition coefficient (Wildman–Crippen LogP) is 5.81. The molecule has 0 radical (unpaired) electrons. The van der Waals surface area contributed by atoms with Crippen molar-refractivity contribution in [3.63, 3.8) is 0 Å². The van der Waals surface area contributed by atoms with E-state index in [0.717, 1.165) is 28.4 Å². The standard InChI is InChI=1S/C16H17ClINOS/c1-9-6-13(14(20-2)8-11(9)17)19-12-4-3-5-15-10(12)7-16(18)21-15/h6-8,12,19H,3-5H2,1-2H3. The number of benzene rings is 1. The van der Waals surface area contributed by atoms with Crippen LogP contribution >= 0.6 is 45.5 Å². The summed E-state index contributed by atoms with van der Waals surface area (Å²) in [4.78, 5) is 1.52. The first kappa shape index (κ1) is 15.4. The highest BCUT2D eigenvalue weighted by Gasteiger charge is 2.23. The molecule has 1 aliphatic rings. The van der Waals surface area contributed by atoms with Gasteiger partial charge in [0.25, 0.3) is 0 Å². The molecule has 2 nitrogen and oxygen atoms in total. The van der Waals surface area contributed by atoms with Gasteiger partial charge in [-0.25, -0.2) is 0 Å². The van der Waals surface area contributed by atoms with E-state index >= 15 is 0 Å². The van der Waals surface area contributed by atoms with Gasteiger partial charge in [-0.15, -0.1) is 11.3 Å². The fourth-order valence-corrected chi connectivity index (χ4v) is 5.08. The second-order valence-electron chi connectivity index (χ2n) is 5.32. The average Bonchev–Trinajstić information content (AvgIpc) is 2.84. The van der Waals surface area contributed by atoms with Gasteiger partial charge in [0, 0.05) is 16.0 Å². The number of aryl methyl sites for hydroxylation is 2. The van der Waals surface area contributed by atoms with Gasteiger partial charge in [0.2, 0.25) is 0 Å². The first-order chi connectivity index (χ1) is 10.1. The Bertz CT molecular complexity index is 671. The number of methoxy groups -OCH3 is 1. The Morgan fingerprint density at radius 2 is 2.19 bits per heavy atom. The topological polar surface area (TPSA) is 21.3 Å². The van der Waals surface area contributed by atoms with Gasteiger partial charge in [-0.3, -0.25) is 0 Å². The van der Waals surface area contributed by atoms with Crippen LogP contribution in [0.3, 0.4) is 0 Å². The number of thiophene rings is 1. The molecule has 0 saturated carbocycles. The molecular formula is C16H17ClINOS. The zero-order valence-electron chi connectivity index (χ0n) is 12.0. The Morgan fingerprint density at radius 3 is 2.95 bits per heavy atom. The van der Waals surface area contributed by atoms with E-state index < -0.39 is 0 Å². The lowest BCUT2D eigenvalue weighted by Gasteiger charge is -2.26. The summed E-state index contributed by atoms with van der Waals surface area (Å²) < 4.78 is 6.84. The third kappa shape index (κ3) is 3.17. The first-order valence-corrected chi connectivity index (χ1v) is 9.24. The first-order valence-electron chi connectivity index (χ1n) is 6.97. The minimum atomic E-state index is 0.364. The molecule has 1 aromatic carbocycles. The largest absolute Gasteiger partial charge is 0.495 e. The highest BCUT2D eigenvalue weighted by Crippen LogP contribution is 2.40. The molecule has 1 N–H and O–H groups in total. The molecule has 112 valence electrons. The van der Waals surface area contributed by atoms with Crippen molar-refractivity contribution in [3.8, 4) is 5.75 Å². The molecule has 2 aromatic rings. The highest BCUT2D eigenvalue weighted by molar-refractivity contribution is 14.1. The van der Waals surface area contributed by atoms with Crippen LogP contribution in [0.5, 0.6) is 5.75 Å². The van der Waals surface area contributed by atoms with Crippen molar-refractivity contribution >= 4 is 51.2 Å². The Morgan fingerprint density at radius 1 is 1.38 bits per heavy atom. The van der Waals surface area contributed by atoms with E-state index in [9.17, 15) is 0 Å². The van der Waals surface area contributed by atoms with Crippen LogP contribution in [0.15, 0.2) is 18.2 Å². The Hall–Kier alpha value is -0.460. The number of hydrogen-bond donors (Lipinski definition) is 1. The number of hydrogen-bond acceptors (Lipinski definition) is 3. The summed E-state index contributed by atoms with van der Waals surface area (Å²) in [5.74, 6) is 0.808. The monoisotopic (exact) mass is 433 g/mol. The van der Waals surface area contributed by atoms with E-state index in [1.165, 1.54) is 26.2 Å². The lowest BCUT2D eigenvalue weighted by Crippen LogP contribution is -2.16. The lowest BCUT2D eigenvalue weighted by molar-refractivity contribution is 0.415. The molecular weight excluding hydrogens is 417 g/mol. The minimum absolute atomic E-state index is 0.364. The highest BCUT2D eigenvalue weighted by atomic mass is 127. The Balaban J connectivity index is 1.92. The van der Waals surface area contributed by atoms with Crippen LogP contribution in [-0.4, -0.2) is 7.11 Å². The molecule has 1 aromatic heterocycles. The van der Waals surface area contributed by atoms with Crippen molar-refractivity contribution < 1.29 is 4.74 Å². The number of nitrogens with one attached hydrogen (secondary N) is 1. The minimum Gasteiger partial charge on any atom is -0.495 e. The zero-order chi connectivity index (χ0) is 15.0. The van der Waals surface area contributed by atoms with Crippen LogP contribution in [0, 0.1) is 9.81 Å². The van der Waals surface area contributed by atoms with E-state index in [4.69, 9.17) is 16.3 Å². The molecule has 0 fully saturated rings. The third-order valence-corrected chi connectivity index (χ3v) is 6.27. The van der Waals surface area contributed by atoms with Crippen LogP contribution < -0.4 is 10.1 Å². The predicted molar refractivity (Wildman–Crippen MR) is 99.1 cm³/mol. The van der Waals surface area contributed by atoms with Gasteiger partial charge in [0.05, 0.1) is 21.7 Å². The lowest BCUT2D eigenvalue weighted by atomic mass is 9.93. The van der Waals surface area contributed by atoms with Gasteiger partial charge in [-0.1, -0.05) is 11.6 Å². The number of fused-ring (bicyclic) bond motifs is 1. The molecule has 1 heterocycles. The summed E-state index contributed by atoms with van der Waals surface area (Å²) in [6, 6.07) is 6.64. The molecule has 0 aliphatic heterocycles. The Labute approximate surface area is 148 Å². The number of anilines is 1. The van der Waals surface area contributed by atoms with Crippen molar-refractivity contribution in [3.05, 3.63) is 42.1 Å². The fourth-order valence-electron chi connectivity index (χ4n) is 2.80. The summed E-state index contributed by atoms with van der Waals surface area (Å²) in [5, 5.41) is 4.40. The molecule has 0 bridgehead atoms. The second-order valence-corrected chi connectivity index (χ2v) is 8.76.